The second kappa shape index (κ2) is 6.92. The fourth-order valence-electron chi connectivity index (χ4n) is 2.07. The SMILES string of the molecule is OCCCc1ccccc1OC1CCSCC1. The zero-order valence-electron chi connectivity index (χ0n) is 10.1. The lowest BCUT2D eigenvalue weighted by Gasteiger charge is -2.24. The van der Waals surface area contributed by atoms with Gasteiger partial charge in [-0.15, -0.1) is 0 Å². The Morgan fingerprint density at radius 1 is 1.24 bits per heavy atom. The summed E-state index contributed by atoms with van der Waals surface area (Å²) < 4.78 is 6.09. The Balaban J connectivity index is 1.98. The summed E-state index contributed by atoms with van der Waals surface area (Å²) in [6.07, 6.45) is 4.39. The van der Waals surface area contributed by atoms with Crippen LogP contribution in [0.25, 0.3) is 0 Å². The van der Waals surface area contributed by atoms with Crippen LogP contribution in [0, 0.1) is 0 Å². The van der Waals surface area contributed by atoms with Crippen molar-refractivity contribution in [1.82, 2.24) is 0 Å². The Hall–Kier alpha value is -0.670. The molecule has 0 amide bonds. The van der Waals surface area contributed by atoms with Crippen molar-refractivity contribution in [1.29, 1.82) is 0 Å². The average molecular weight is 252 g/mol. The lowest BCUT2D eigenvalue weighted by Crippen LogP contribution is -2.22. The molecule has 17 heavy (non-hydrogen) atoms. The number of hydrogen-bond acceptors (Lipinski definition) is 3. The molecular formula is C14H20O2S. The van der Waals surface area contributed by atoms with Crippen molar-refractivity contribution in [3.05, 3.63) is 29.8 Å². The number of hydrogen-bond donors (Lipinski definition) is 1. The lowest BCUT2D eigenvalue weighted by atomic mass is 10.1. The highest BCUT2D eigenvalue weighted by molar-refractivity contribution is 7.99. The van der Waals surface area contributed by atoms with Gasteiger partial charge in [0.25, 0.3) is 0 Å². The molecule has 1 aromatic rings. The Morgan fingerprint density at radius 2 is 2.00 bits per heavy atom. The van der Waals surface area contributed by atoms with Crippen molar-refractivity contribution in [3.8, 4) is 5.75 Å². The van der Waals surface area contributed by atoms with E-state index in [1.165, 1.54) is 17.1 Å². The maximum Gasteiger partial charge on any atom is 0.122 e. The minimum atomic E-state index is 0.244. The summed E-state index contributed by atoms with van der Waals surface area (Å²) in [5.41, 5.74) is 1.22. The van der Waals surface area contributed by atoms with Crippen molar-refractivity contribution in [2.45, 2.75) is 31.8 Å². The molecule has 2 rings (SSSR count). The average Bonchev–Trinajstić information content (AvgIpc) is 2.39. The van der Waals surface area contributed by atoms with Crippen LogP contribution in [-0.2, 0) is 6.42 Å². The van der Waals surface area contributed by atoms with Crippen LogP contribution < -0.4 is 4.74 Å². The number of para-hydroxylation sites is 1. The molecule has 0 aromatic heterocycles. The van der Waals surface area contributed by atoms with Crippen LogP contribution in [0.3, 0.4) is 0 Å². The molecule has 0 bridgehead atoms. The van der Waals surface area contributed by atoms with Crippen molar-refractivity contribution in [2.75, 3.05) is 18.1 Å². The highest BCUT2D eigenvalue weighted by Crippen LogP contribution is 2.26. The van der Waals surface area contributed by atoms with Gasteiger partial charge in [0.15, 0.2) is 0 Å². The first kappa shape index (κ1) is 12.8. The second-order valence-corrected chi connectivity index (χ2v) is 5.59. The molecule has 94 valence electrons. The molecule has 1 aliphatic rings. The first-order valence-corrected chi connectivity index (χ1v) is 7.49. The van der Waals surface area contributed by atoms with Gasteiger partial charge in [-0.25, -0.2) is 0 Å². The minimum Gasteiger partial charge on any atom is -0.490 e. The number of aryl methyl sites for hydroxylation is 1. The van der Waals surface area contributed by atoms with E-state index in [0.717, 1.165) is 31.4 Å². The molecule has 1 fully saturated rings. The predicted octanol–water partition coefficient (Wildman–Crippen LogP) is 2.89. The van der Waals surface area contributed by atoms with Gasteiger partial charge in [0.1, 0.15) is 11.9 Å². The smallest absolute Gasteiger partial charge is 0.122 e. The van der Waals surface area contributed by atoms with Gasteiger partial charge in [-0.2, -0.15) is 11.8 Å². The van der Waals surface area contributed by atoms with Gasteiger partial charge in [0.2, 0.25) is 0 Å². The normalized spacial score (nSPS) is 17.0. The Kier molecular flexibility index (Phi) is 5.20. The van der Waals surface area contributed by atoms with E-state index in [2.05, 4.69) is 12.1 Å². The van der Waals surface area contributed by atoms with E-state index in [1.807, 2.05) is 23.9 Å². The topological polar surface area (TPSA) is 29.5 Å². The molecule has 0 saturated carbocycles. The third-order valence-corrected chi connectivity index (χ3v) is 4.09. The summed E-state index contributed by atoms with van der Waals surface area (Å²) in [5, 5.41) is 8.90. The van der Waals surface area contributed by atoms with Gasteiger partial charge in [0.05, 0.1) is 0 Å². The first-order valence-electron chi connectivity index (χ1n) is 6.33. The summed E-state index contributed by atoms with van der Waals surface area (Å²) in [5.74, 6) is 3.44. The van der Waals surface area contributed by atoms with Gasteiger partial charge in [0, 0.05) is 6.61 Å². The number of benzene rings is 1. The quantitative estimate of drug-likeness (QED) is 0.874. The standard InChI is InChI=1S/C14H20O2S/c15-9-3-5-12-4-1-2-6-14(12)16-13-7-10-17-11-8-13/h1-2,4,6,13,15H,3,5,7-11H2. The number of ether oxygens (including phenoxy) is 1. The van der Waals surface area contributed by atoms with Crippen molar-refractivity contribution in [2.24, 2.45) is 0 Å². The van der Waals surface area contributed by atoms with Crippen LogP contribution >= 0.6 is 11.8 Å². The van der Waals surface area contributed by atoms with Crippen LogP contribution in [0.5, 0.6) is 5.75 Å². The molecule has 1 N–H and O–H groups in total. The van der Waals surface area contributed by atoms with Crippen LogP contribution in [-0.4, -0.2) is 29.3 Å². The molecule has 2 nitrogen and oxygen atoms in total. The fraction of sp³-hybridized carbons (Fsp3) is 0.571. The van der Waals surface area contributed by atoms with Gasteiger partial charge < -0.3 is 9.84 Å². The van der Waals surface area contributed by atoms with Crippen molar-refractivity contribution < 1.29 is 9.84 Å². The monoisotopic (exact) mass is 252 g/mol. The zero-order chi connectivity index (χ0) is 11.9. The molecule has 0 atom stereocenters. The number of aliphatic hydroxyl groups is 1. The van der Waals surface area contributed by atoms with E-state index in [0.29, 0.717) is 6.10 Å². The van der Waals surface area contributed by atoms with E-state index < -0.39 is 0 Å². The van der Waals surface area contributed by atoms with Gasteiger partial charge >= 0.3 is 0 Å². The Morgan fingerprint density at radius 3 is 2.76 bits per heavy atom. The van der Waals surface area contributed by atoms with Crippen LogP contribution in [0.4, 0.5) is 0 Å². The summed E-state index contributed by atoms with van der Waals surface area (Å²) >= 11 is 2.01. The zero-order valence-corrected chi connectivity index (χ0v) is 10.9. The maximum atomic E-state index is 8.90. The number of rotatable bonds is 5. The molecular weight excluding hydrogens is 232 g/mol. The molecule has 1 aliphatic heterocycles. The van der Waals surface area contributed by atoms with Crippen molar-refractivity contribution in [3.63, 3.8) is 0 Å². The lowest BCUT2D eigenvalue weighted by molar-refractivity contribution is 0.190. The van der Waals surface area contributed by atoms with Crippen molar-refractivity contribution >= 4 is 11.8 Å². The molecule has 0 radical (unpaired) electrons. The Bertz CT molecular complexity index is 335. The summed E-state index contributed by atoms with van der Waals surface area (Å²) in [4.78, 5) is 0. The van der Waals surface area contributed by atoms with E-state index >= 15 is 0 Å². The number of thioether (sulfide) groups is 1. The van der Waals surface area contributed by atoms with Gasteiger partial charge in [-0.1, -0.05) is 18.2 Å². The van der Waals surface area contributed by atoms with Gasteiger partial charge in [-0.05, 0) is 48.8 Å². The third kappa shape index (κ3) is 3.93. The molecule has 1 aromatic carbocycles. The number of aliphatic hydroxyl groups excluding tert-OH is 1. The third-order valence-electron chi connectivity index (χ3n) is 3.04. The Labute approximate surface area is 107 Å². The maximum absolute atomic E-state index is 8.90. The van der Waals surface area contributed by atoms with E-state index in [1.54, 1.807) is 0 Å². The molecule has 0 spiro atoms. The summed E-state index contributed by atoms with van der Waals surface area (Å²) in [6.45, 7) is 0.244. The molecule has 1 saturated heterocycles. The van der Waals surface area contributed by atoms with Crippen LogP contribution in [0.2, 0.25) is 0 Å². The summed E-state index contributed by atoms with van der Waals surface area (Å²) in [6, 6.07) is 8.21. The molecule has 0 aliphatic carbocycles. The van der Waals surface area contributed by atoms with Gasteiger partial charge in [-0.3, -0.25) is 0 Å². The van der Waals surface area contributed by atoms with Crippen LogP contribution in [0.15, 0.2) is 24.3 Å². The summed E-state index contributed by atoms with van der Waals surface area (Å²) in [7, 11) is 0. The highest BCUT2D eigenvalue weighted by atomic mass is 32.2. The van der Waals surface area contributed by atoms with E-state index in [-0.39, 0.29) is 6.61 Å². The van der Waals surface area contributed by atoms with E-state index in [9.17, 15) is 0 Å². The van der Waals surface area contributed by atoms with Crippen LogP contribution in [0.1, 0.15) is 24.8 Å². The molecule has 3 heteroatoms. The molecule has 1 heterocycles. The molecule has 0 unspecified atom stereocenters. The predicted molar refractivity (Wildman–Crippen MR) is 72.8 cm³/mol. The van der Waals surface area contributed by atoms with E-state index in [4.69, 9.17) is 9.84 Å². The minimum absolute atomic E-state index is 0.244. The largest absolute Gasteiger partial charge is 0.490 e. The fourth-order valence-corrected chi connectivity index (χ4v) is 3.13. The second-order valence-electron chi connectivity index (χ2n) is 4.36. The highest BCUT2D eigenvalue weighted by Gasteiger charge is 2.16. The first-order chi connectivity index (χ1) is 8.40.